The van der Waals surface area contributed by atoms with Gasteiger partial charge in [-0.2, -0.15) is 5.26 Å². The Bertz CT molecular complexity index is 666. The molecule has 1 aliphatic carbocycles. The Morgan fingerprint density at radius 1 is 1.35 bits per heavy atom. The fourth-order valence-corrected chi connectivity index (χ4v) is 3.22. The number of hydrogen-bond acceptors (Lipinski definition) is 3. The minimum Gasteiger partial charge on any atom is -0.393 e. The van der Waals surface area contributed by atoms with E-state index in [-0.39, 0.29) is 6.10 Å². The Hall–Kier alpha value is -1.57. The molecule has 4 nitrogen and oxygen atoms in total. The third kappa shape index (κ3) is 2.28. The molecule has 0 aliphatic heterocycles. The third-order valence-corrected chi connectivity index (χ3v) is 4.28. The van der Waals surface area contributed by atoms with E-state index in [1.54, 1.807) is 6.07 Å². The van der Waals surface area contributed by atoms with Crippen molar-refractivity contribution in [2.24, 2.45) is 0 Å². The van der Waals surface area contributed by atoms with Crippen LogP contribution in [-0.2, 0) is 5.88 Å². The lowest BCUT2D eigenvalue weighted by molar-refractivity contribution is 0.111. The number of nitrogens with zero attached hydrogens (tertiary/aromatic N) is 3. The Morgan fingerprint density at radius 3 is 2.75 bits per heavy atom. The second kappa shape index (κ2) is 5.43. The van der Waals surface area contributed by atoms with Crippen molar-refractivity contribution < 1.29 is 5.11 Å². The van der Waals surface area contributed by atoms with Gasteiger partial charge < -0.3 is 9.67 Å². The average molecular weight is 290 g/mol. The maximum atomic E-state index is 9.65. The van der Waals surface area contributed by atoms with Gasteiger partial charge in [-0.25, -0.2) is 4.98 Å². The molecule has 0 unspecified atom stereocenters. The fraction of sp³-hybridized carbons (Fsp3) is 0.467. The summed E-state index contributed by atoms with van der Waals surface area (Å²) in [4.78, 5) is 4.55. The van der Waals surface area contributed by atoms with Crippen LogP contribution in [0, 0.1) is 11.3 Å². The summed E-state index contributed by atoms with van der Waals surface area (Å²) in [6.45, 7) is 0. The van der Waals surface area contributed by atoms with E-state index in [0.29, 0.717) is 17.5 Å². The molecule has 1 aromatic carbocycles. The molecular formula is C15H16ClN3O. The highest BCUT2D eigenvalue weighted by Gasteiger charge is 2.24. The monoisotopic (exact) mass is 289 g/mol. The molecule has 2 aromatic rings. The average Bonchev–Trinajstić information content (AvgIpc) is 2.85. The number of aliphatic hydroxyl groups is 1. The molecule has 0 bridgehead atoms. The fourth-order valence-electron chi connectivity index (χ4n) is 3.04. The smallest absolute Gasteiger partial charge is 0.125 e. The molecule has 0 radical (unpaired) electrons. The minimum atomic E-state index is -0.175. The molecule has 3 rings (SSSR count). The summed E-state index contributed by atoms with van der Waals surface area (Å²) in [5.41, 5.74) is 2.47. The van der Waals surface area contributed by atoms with Crippen molar-refractivity contribution in [2.75, 3.05) is 0 Å². The van der Waals surface area contributed by atoms with E-state index < -0.39 is 0 Å². The van der Waals surface area contributed by atoms with Gasteiger partial charge in [-0.15, -0.1) is 11.6 Å². The lowest BCUT2D eigenvalue weighted by Crippen LogP contribution is -2.22. The van der Waals surface area contributed by atoms with Crippen LogP contribution in [0.1, 0.15) is 43.1 Å². The number of halogens is 1. The molecule has 1 aliphatic rings. The number of rotatable bonds is 2. The highest BCUT2D eigenvalue weighted by Crippen LogP contribution is 2.33. The number of nitriles is 1. The molecule has 1 fully saturated rings. The van der Waals surface area contributed by atoms with Crippen LogP contribution in [0.3, 0.4) is 0 Å². The molecule has 1 heterocycles. The molecule has 0 amide bonds. The molecule has 1 aromatic heterocycles. The van der Waals surface area contributed by atoms with E-state index in [0.717, 1.165) is 42.5 Å². The summed E-state index contributed by atoms with van der Waals surface area (Å²) in [5.74, 6) is 1.20. The van der Waals surface area contributed by atoms with Crippen molar-refractivity contribution in [3.8, 4) is 6.07 Å². The van der Waals surface area contributed by atoms with E-state index in [2.05, 4.69) is 15.6 Å². The standard InChI is InChI=1S/C15H16ClN3O/c16-8-15-18-13-7-10(9-17)1-6-14(13)19(15)11-2-4-12(20)5-3-11/h1,6-7,11-12,20H,2-5,8H2/t11-,12-. The van der Waals surface area contributed by atoms with Crippen molar-refractivity contribution >= 4 is 22.6 Å². The zero-order chi connectivity index (χ0) is 14.1. The van der Waals surface area contributed by atoms with Gasteiger partial charge in [0.05, 0.1) is 34.7 Å². The van der Waals surface area contributed by atoms with Gasteiger partial charge in [0.15, 0.2) is 0 Å². The largest absolute Gasteiger partial charge is 0.393 e. The quantitative estimate of drug-likeness (QED) is 0.864. The first-order valence-corrected chi connectivity index (χ1v) is 7.41. The Morgan fingerprint density at radius 2 is 2.10 bits per heavy atom. The molecule has 0 spiro atoms. The predicted molar refractivity (Wildman–Crippen MR) is 77.5 cm³/mol. The molecule has 20 heavy (non-hydrogen) atoms. The van der Waals surface area contributed by atoms with Gasteiger partial charge in [0.2, 0.25) is 0 Å². The summed E-state index contributed by atoms with van der Waals surface area (Å²) in [7, 11) is 0. The van der Waals surface area contributed by atoms with Crippen molar-refractivity contribution in [3.05, 3.63) is 29.6 Å². The summed E-state index contributed by atoms with van der Waals surface area (Å²) < 4.78 is 2.19. The molecule has 5 heteroatoms. The van der Waals surface area contributed by atoms with Gasteiger partial charge in [0.25, 0.3) is 0 Å². The maximum absolute atomic E-state index is 9.65. The molecule has 104 valence electrons. The minimum absolute atomic E-state index is 0.175. The Balaban J connectivity index is 2.06. The number of fused-ring (bicyclic) bond motifs is 1. The normalized spacial score (nSPS) is 22.9. The van der Waals surface area contributed by atoms with Crippen LogP contribution < -0.4 is 0 Å². The first kappa shape index (κ1) is 13.4. The van der Waals surface area contributed by atoms with E-state index in [1.807, 2.05) is 12.1 Å². The lowest BCUT2D eigenvalue weighted by atomic mass is 9.92. The van der Waals surface area contributed by atoms with Crippen molar-refractivity contribution in [1.82, 2.24) is 9.55 Å². The Labute approximate surface area is 122 Å². The summed E-state index contributed by atoms with van der Waals surface area (Å²) >= 11 is 6.03. The van der Waals surface area contributed by atoms with E-state index in [9.17, 15) is 5.11 Å². The highest BCUT2D eigenvalue weighted by atomic mass is 35.5. The van der Waals surface area contributed by atoms with Crippen molar-refractivity contribution in [2.45, 2.75) is 43.7 Å². The second-order valence-corrected chi connectivity index (χ2v) is 5.58. The van der Waals surface area contributed by atoms with Gasteiger partial charge in [0, 0.05) is 6.04 Å². The second-order valence-electron chi connectivity index (χ2n) is 5.31. The van der Waals surface area contributed by atoms with Gasteiger partial charge in [-0.3, -0.25) is 0 Å². The van der Waals surface area contributed by atoms with Crippen LogP contribution in [0.4, 0.5) is 0 Å². The predicted octanol–water partition coefficient (Wildman–Crippen LogP) is 3.12. The van der Waals surface area contributed by atoms with E-state index in [4.69, 9.17) is 16.9 Å². The number of aromatic nitrogens is 2. The van der Waals surface area contributed by atoms with Crippen LogP contribution >= 0.6 is 11.6 Å². The van der Waals surface area contributed by atoms with Crippen molar-refractivity contribution in [1.29, 1.82) is 5.26 Å². The maximum Gasteiger partial charge on any atom is 0.125 e. The van der Waals surface area contributed by atoms with Crippen LogP contribution in [0.15, 0.2) is 18.2 Å². The van der Waals surface area contributed by atoms with Gasteiger partial charge in [0.1, 0.15) is 5.82 Å². The molecule has 0 atom stereocenters. The SMILES string of the molecule is N#Cc1ccc2c(c1)nc(CCl)n2[C@H]1CC[C@H](O)CC1. The van der Waals surface area contributed by atoms with Crippen LogP contribution in [0.5, 0.6) is 0 Å². The topological polar surface area (TPSA) is 61.8 Å². The number of imidazole rings is 1. The number of aliphatic hydroxyl groups excluding tert-OH is 1. The summed E-state index contributed by atoms with van der Waals surface area (Å²) in [5, 5.41) is 18.6. The van der Waals surface area contributed by atoms with Crippen molar-refractivity contribution in [3.63, 3.8) is 0 Å². The first-order chi connectivity index (χ1) is 9.72. The number of benzene rings is 1. The molecule has 1 saturated carbocycles. The van der Waals surface area contributed by atoms with Gasteiger partial charge in [-0.05, 0) is 43.9 Å². The number of alkyl halides is 1. The lowest BCUT2D eigenvalue weighted by Gasteiger charge is -2.28. The molecule has 0 saturated heterocycles. The summed E-state index contributed by atoms with van der Waals surface area (Å²) in [6, 6.07) is 8.04. The highest BCUT2D eigenvalue weighted by molar-refractivity contribution is 6.16. The Kier molecular flexibility index (Phi) is 3.64. The van der Waals surface area contributed by atoms with Crippen LogP contribution in [0.2, 0.25) is 0 Å². The zero-order valence-electron chi connectivity index (χ0n) is 11.1. The van der Waals surface area contributed by atoms with E-state index in [1.165, 1.54) is 0 Å². The first-order valence-electron chi connectivity index (χ1n) is 6.88. The third-order valence-electron chi connectivity index (χ3n) is 4.04. The van der Waals surface area contributed by atoms with Gasteiger partial charge in [-0.1, -0.05) is 0 Å². The molecule has 1 N–H and O–H groups in total. The van der Waals surface area contributed by atoms with Crippen LogP contribution in [-0.4, -0.2) is 20.8 Å². The molecular weight excluding hydrogens is 274 g/mol. The number of hydrogen-bond donors (Lipinski definition) is 1. The van der Waals surface area contributed by atoms with Crippen LogP contribution in [0.25, 0.3) is 11.0 Å². The zero-order valence-corrected chi connectivity index (χ0v) is 11.8. The van der Waals surface area contributed by atoms with Gasteiger partial charge >= 0.3 is 0 Å². The summed E-state index contributed by atoms with van der Waals surface area (Å²) in [6.07, 6.45) is 3.35. The van der Waals surface area contributed by atoms with E-state index >= 15 is 0 Å².